The Hall–Kier alpha value is -2.40. The van der Waals surface area contributed by atoms with E-state index in [-0.39, 0.29) is 12.0 Å². The van der Waals surface area contributed by atoms with Crippen LogP contribution in [0.4, 0.5) is 5.69 Å². The molecule has 2 aromatic rings. The summed E-state index contributed by atoms with van der Waals surface area (Å²) in [4.78, 5) is 21.7. The molecule has 1 aromatic heterocycles. The Bertz CT molecular complexity index is 556. The predicted molar refractivity (Wildman–Crippen MR) is 77.4 cm³/mol. The monoisotopic (exact) mass is 284 g/mol. The summed E-state index contributed by atoms with van der Waals surface area (Å²) in [6.07, 6.45) is 3.46. The average Bonchev–Trinajstić information content (AvgIpc) is 3.01. The smallest absolute Gasteiger partial charge is 0.337 e. The second kappa shape index (κ2) is 5.93. The van der Waals surface area contributed by atoms with Gasteiger partial charge >= 0.3 is 5.97 Å². The van der Waals surface area contributed by atoms with Gasteiger partial charge in [0.25, 0.3) is 0 Å². The number of rotatable bonds is 3. The maximum absolute atomic E-state index is 11.8. The summed E-state index contributed by atoms with van der Waals surface area (Å²) >= 11 is 0. The molecule has 1 saturated heterocycles. The Kier molecular flexibility index (Phi) is 3.83. The van der Waals surface area contributed by atoms with Crippen molar-refractivity contribution in [1.29, 1.82) is 0 Å². The summed E-state index contributed by atoms with van der Waals surface area (Å²) in [6, 6.07) is 13.5. The van der Waals surface area contributed by atoms with Crippen LogP contribution in [-0.4, -0.2) is 24.2 Å². The molecular formula is C16H16N2O3. The number of nitrogens with zero attached hydrogens (tertiary/aromatic N) is 2. The summed E-state index contributed by atoms with van der Waals surface area (Å²) in [5, 5.41) is 1.76. The molecular weight excluding hydrogens is 268 g/mol. The molecule has 0 spiro atoms. The Balaban J connectivity index is 1.93. The number of para-hydroxylation sites is 1. The van der Waals surface area contributed by atoms with Crippen molar-refractivity contribution in [2.45, 2.75) is 18.6 Å². The molecule has 1 aliphatic heterocycles. The average molecular weight is 284 g/mol. The fourth-order valence-corrected chi connectivity index (χ4v) is 2.48. The number of carbonyl (C=O) groups excluding carboxylic acids is 1. The molecule has 108 valence electrons. The van der Waals surface area contributed by atoms with Gasteiger partial charge in [-0.15, -0.1) is 0 Å². The molecule has 5 nitrogen and oxygen atoms in total. The predicted octanol–water partition coefficient (Wildman–Crippen LogP) is 2.51. The lowest BCUT2D eigenvalue weighted by Gasteiger charge is -2.24. The zero-order valence-corrected chi connectivity index (χ0v) is 11.7. The van der Waals surface area contributed by atoms with Gasteiger partial charge in [0.1, 0.15) is 0 Å². The van der Waals surface area contributed by atoms with E-state index < -0.39 is 6.10 Å². The lowest BCUT2D eigenvalue weighted by molar-refractivity contribution is -0.151. The van der Waals surface area contributed by atoms with Crippen molar-refractivity contribution in [3.8, 4) is 0 Å². The van der Waals surface area contributed by atoms with Crippen molar-refractivity contribution in [3.63, 3.8) is 0 Å². The van der Waals surface area contributed by atoms with Gasteiger partial charge in [-0.3, -0.25) is 9.82 Å². The minimum absolute atomic E-state index is 0.0646. The SMILES string of the molecule is COC(=O)[C@@H]1C[C@@H](c2cccnc2)N(c2ccccc2)O1. The maximum Gasteiger partial charge on any atom is 0.337 e. The molecule has 0 unspecified atom stereocenters. The van der Waals surface area contributed by atoms with E-state index in [0.29, 0.717) is 6.42 Å². The van der Waals surface area contributed by atoms with E-state index in [1.54, 1.807) is 17.5 Å². The van der Waals surface area contributed by atoms with Crippen molar-refractivity contribution < 1.29 is 14.4 Å². The Morgan fingerprint density at radius 2 is 2.10 bits per heavy atom. The third kappa shape index (κ3) is 2.73. The van der Waals surface area contributed by atoms with Crippen LogP contribution in [0.3, 0.4) is 0 Å². The minimum atomic E-state index is -0.597. The van der Waals surface area contributed by atoms with Gasteiger partial charge in [-0.1, -0.05) is 24.3 Å². The lowest BCUT2D eigenvalue weighted by Crippen LogP contribution is -2.25. The standard InChI is InChI=1S/C16H16N2O3/c1-20-16(19)15-10-14(12-6-5-9-17-11-12)18(21-15)13-7-3-2-4-8-13/h2-9,11,14-15H,10H2,1H3/t14-,15-/m0/s1. The minimum Gasteiger partial charge on any atom is -0.467 e. The second-order valence-electron chi connectivity index (χ2n) is 4.82. The van der Waals surface area contributed by atoms with Crippen molar-refractivity contribution in [2.75, 3.05) is 12.2 Å². The summed E-state index contributed by atoms with van der Waals surface area (Å²) in [5.41, 5.74) is 1.91. The number of benzene rings is 1. The summed E-state index contributed by atoms with van der Waals surface area (Å²) in [6.45, 7) is 0. The number of ether oxygens (including phenoxy) is 1. The molecule has 2 atom stereocenters. The fourth-order valence-electron chi connectivity index (χ4n) is 2.48. The van der Waals surface area contributed by atoms with Crippen molar-refractivity contribution in [2.24, 2.45) is 0 Å². The van der Waals surface area contributed by atoms with E-state index in [1.807, 2.05) is 42.5 Å². The Morgan fingerprint density at radius 1 is 1.29 bits per heavy atom. The second-order valence-corrected chi connectivity index (χ2v) is 4.82. The van der Waals surface area contributed by atoms with Gasteiger partial charge in [0.05, 0.1) is 18.8 Å². The molecule has 1 fully saturated rings. The van der Waals surface area contributed by atoms with Crippen LogP contribution in [-0.2, 0) is 14.4 Å². The number of hydrogen-bond acceptors (Lipinski definition) is 5. The van der Waals surface area contributed by atoms with E-state index >= 15 is 0 Å². The van der Waals surface area contributed by atoms with Crippen LogP contribution in [0.25, 0.3) is 0 Å². The zero-order chi connectivity index (χ0) is 14.7. The maximum atomic E-state index is 11.8. The van der Waals surface area contributed by atoms with Gasteiger partial charge in [-0.05, 0) is 23.8 Å². The van der Waals surface area contributed by atoms with Crippen molar-refractivity contribution in [3.05, 3.63) is 60.4 Å². The first-order valence-corrected chi connectivity index (χ1v) is 6.78. The molecule has 3 rings (SSSR count). The number of hydrogen-bond donors (Lipinski definition) is 0. The highest BCUT2D eigenvalue weighted by molar-refractivity contribution is 5.75. The lowest BCUT2D eigenvalue weighted by atomic mass is 10.0. The van der Waals surface area contributed by atoms with E-state index in [1.165, 1.54) is 7.11 Å². The van der Waals surface area contributed by atoms with Gasteiger partial charge in [-0.25, -0.2) is 9.86 Å². The molecule has 5 heteroatoms. The van der Waals surface area contributed by atoms with Gasteiger partial charge in [0.2, 0.25) is 0 Å². The van der Waals surface area contributed by atoms with Crippen LogP contribution < -0.4 is 5.06 Å². The normalized spacial score (nSPS) is 21.3. The van der Waals surface area contributed by atoms with Gasteiger partial charge < -0.3 is 4.74 Å². The topological polar surface area (TPSA) is 51.7 Å². The van der Waals surface area contributed by atoms with Gasteiger partial charge in [0.15, 0.2) is 6.10 Å². The van der Waals surface area contributed by atoms with E-state index in [0.717, 1.165) is 11.3 Å². The van der Waals surface area contributed by atoms with Crippen molar-refractivity contribution >= 4 is 11.7 Å². The molecule has 0 bridgehead atoms. The number of anilines is 1. The third-order valence-electron chi connectivity index (χ3n) is 3.51. The van der Waals surface area contributed by atoms with Crippen LogP contribution in [0.15, 0.2) is 54.9 Å². The van der Waals surface area contributed by atoms with Gasteiger partial charge in [-0.2, -0.15) is 0 Å². The molecule has 1 aromatic carbocycles. The number of hydroxylamine groups is 1. The fraction of sp³-hybridized carbons (Fsp3) is 0.250. The first kappa shape index (κ1) is 13.6. The molecule has 1 aliphatic rings. The summed E-state index contributed by atoms with van der Waals surface area (Å²) in [5.74, 6) is -0.359. The molecule has 0 saturated carbocycles. The molecule has 2 heterocycles. The Labute approximate surface area is 123 Å². The van der Waals surface area contributed by atoms with Crippen LogP contribution in [0.2, 0.25) is 0 Å². The molecule has 0 N–H and O–H groups in total. The number of carbonyl (C=O) groups is 1. The van der Waals surface area contributed by atoms with Crippen LogP contribution >= 0.6 is 0 Å². The molecule has 0 amide bonds. The first-order chi connectivity index (χ1) is 10.3. The zero-order valence-electron chi connectivity index (χ0n) is 11.7. The third-order valence-corrected chi connectivity index (χ3v) is 3.51. The van der Waals surface area contributed by atoms with Crippen LogP contribution in [0, 0.1) is 0 Å². The molecule has 0 aliphatic carbocycles. The number of pyridine rings is 1. The number of esters is 1. The molecule has 0 radical (unpaired) electrons. The van der Waals surface area contributed by atoms with Gasteiger partial charge in [0, 0.05) is 18.8 Å². The van der Waals surface area contributed by atoms with Crippen LogP contribution in [0.1, 0.15) is 18.0 Å². The van der Waals surface area contributed by atoms with Crippen molar-refractivity contribution in [1.82, 2.24) is 4.98 Å². The summed E-state index contributed by atoms with van der Waals surface area (Å²) < 4.78 is 4.80. The summed E-state index contributed by atoms with van der Waals surface area (Å²) in [7, 11) is 1.37. The molecule has 21 heavy (non-hydrogen) atoms. The van der Waals surface area contributed by atoms with E-state index in [2.05, 4.69) is 4.98 Å². The first-order valence-electron chi connectivity index (χ1n) is 6.78. The quantitative estimate of drug-likeness (QED) is 0.811. The number of aromatic nitrogens is 1. The highest BCUT2D eigenvalue weighted by Crippen LogP contribution is 2.37. The Morgan fingerprint density at radius 3 is 2.76 bits per heavy atom. The van der Waals surface area contributed by atoms with E-state index in [4.69, 9.17) is 9.57 Å². The number of methoxy groups -OCH3 is 1. The van der Waals surface area contributed by atoms with Crippen LogP contribution in [0.5, 0.6) is 0 Å². The van der Waals surface area contributed by atoms with E-state index in [9.17, 15) is 4.79 Å². The highest BCUT2D eigenvalue weighted by atomic mass is 16.7. The highest BCUT2D eigenvalue weighted by Gasteiger charge is 2.39. The largest absolute Gasteiger partial charge is 0.467 e.